The van der Waals surface area contributed by atoms with Crippen LogP contribution in [0.1, 0.15) is 95.1 Å². The first-order chi connectivity index (χ1) is 12.3. The minimum Gasteiger partial charge on any atom is -0.0654 e. The highest BCUT2D eigenvalue weighted by Gasteiger charge is 2.22. The Morgan fingerprint density at radius 1 is 0.760 bits per heavy atom. The van der Waals surface area contributed by atoms with Gasteiger partial charge in [-0.3, -0.25) is 0 Å². The lowest BCUT2D eigenvalue weighted by atomic mass is 9.76. The Morgan fingerprint density at radius 3 is 2.28 bits per heavy atom. The molecule has 0 heterocycles. The molecular formula is C25H36. The van der Waals surface area contributed by atoms with Crippen LogP contribution in [-0.4, -0.2) is 0 Å². The Bertz CT molecular complexity index is 646. The molecule has 0 amide bonds. The molecule has 136 valence electrons. The molecule has 1 aliphatic carbocycles. The summed E-state index contributed by atoms with van der Waals surface area (Å²) in [5, 5.41) is 2.85. The fraction of sp³-hybridized carbons (Fsp3) is 0.600. The van der Waals surface area contributed by atoms with Crippen LogP contribution in [0.3, 0.4) is 0 Å². The van der Waals surface area contributed by atoms with Crippen molar-refractivity contribution in [3.05, 3.63) is 47.5 Å². The van der Waals surface area contributed by atoms with Crippen LogP contribution >= 0.6 is 0 Å². The summed E-state index contributed by atoms with van der Waals surface area (Å²) in [6, 6.07) is 14.3. The Balaban J connectivity index is 1.57. The van der Waals surface area contributed by atoms with E-state index in [2.05, 4.69) is 50.2 Å². The molecule has 0 spiro atoms. The van der Waals surface area contributed by atoms with Crippen molar-refractivity contribution in [2.75, 3.05) is 0 Å². The lowest BCUT2D eigenvalue weighted by molar-refractivity contribution is 0.302. The van der Waals surface area contributed by atoms with Crippen LogP contribution in [0, 0.1) is 5.92 Å². The topological polar surface area (TPSA) is 0 Å². The van der Waals surface area contributed by atoms with Gasteiger partial charge in [0, 0.05) is 0 Å². The van der Waals surface area contributed by atoms with E-state index in [9.17, 15) is 0 Å². The number of rotatable bonds is 8. The van der Waals surface area contributed by atoms with Gasteiger partial charge < -0.3 is 0 Å². The van der Waals surface area contributed by atoms with Gasteiger partial charge in [0.25, 0.3) is 0 Å². The summed E-state index contributed by atoms with van der Waals surface area (Å²) >= 11 is 0. The smallest absolute Gasteiger partial charge is 0.0162 e. The number of aryl methyl sites for hydroxylation is 1. The van der Waals surface area contributed by atoms with Gasteiger partial charge in [0.05, 0.1) is 0 Å². The van der Waals surface area contributed by atoms with Gasteiger partial charge in [-0.2, -0.15) is 0 Å². The van der Waals surface area contributed by atoms with E-state index in [1.165, 1.54) is 87.0 Å². The average Bonchev–Trinajstić information content (AvgIpc) is 2.66. The van der Waals surface area contributed by atoms with E-state index in [4.69, 9.17) is 0 Å². The van der Waals surface area contributed by atoms with E-state index in [-0.39, 0.29) is 0 Å². The third-order valence-electron chi connectivity index (χ3n) is 6.25. The zero-order valence-electron chi connectivity index (χ0n) is 16.4. The second-order valence-corrected chi connectivity index (χ2v) is 8.26. The number of hydrogen-bond donors (Lipinski definition) is 0. The zero-order chi connectivity index (χ0) is 17.5. The molecular weight excluding hydrogens is 300 g/mol. The number of unbranched alkanes of at least 4 members (excludes halogenated alkanes) is 3. The van der Waals surface area contributed by atoms with Crippen LogP contribution in [0.4, 0.5) is 0 Å². The molecule has 0 radical (unpaired) electrons. The molecule has 25 heavy (non-hydrogen) atoms. The van der Waals surface area contributed by atoms with Crippen LogP contribution in [0.5, 0.6) is 0 Å². The molecule has 1 aliphatic rings. The van der Waals surface area contributed by atoms with Gasteiger partial charge in [0.2, 0.25) is 0 Å². The number of benzene rings is 2. The minimum absolute atomic E-state index is 0.798. The van der Waals surface area contributed by atoms with Crippen LogP contribution in [0.25, 0.3) is 10.8 Å². The van der Waals surface area contributed by atoms with Crippen molar-refractivity contribution >= 4 is 10.8 Å². The monoisotopic (exact) mass is 336 g/mol. The molecule has 0 aliphatic heterocycles. The third-order valence-corrected chi connectivity index (χ3v) is 6.25. The summed E-state index contributed by atoms with van der Waals surface area (Å²) in [5.74, 6) is 1.80. The van der Waals surface area contributed by atoms with E-state index in [0.717, 1.165) is 11.8 Å². The lowest BCUT2D eigenvalue weighted by Gasteiger charge is -2.29. The molecule has 1 fully saturated rings. The molecule has 2 aromatic carbocycles. The summed E-state index contributed by atoms with van der Waals surface area (Å²) in [6.45, 7) is 4.56. The van der Waals surface area contributed by atoms with Gasteiger partial charge in [-0.1, -0.05) is 88.8 Å². The van der Waals surface area contributed by atoms with Crippen molar-refractivity contribution in [1.82, 2.24) is 0 Å². The van der Waals surface area contributed by atoms with Gasteiger partial charge in [-0.15, -0.1) is 0 Å². The van der Waals surface area contributed by atoms with Gasteiger partial charge >= 0.3 is 0 Å². The summed E-state index contributed by atoms with van der Waals surface area (Å²) in [6.07, 6.45) is 15.3. The Hall–Kier alpha value is -1.30. The van der Waals surface area contributed by atoms with Crippen molar-refractivity contribution in [3.8, 4) is 0 Å². The van der Waals surface area contributed by atoms with Gasteiger partial charge in [0.15, 0.2) is 0 Å². The van der Waals surface area contributed by atoms with Gasteiger partial charge in [0.1, 0.15) is 0 Å². The highest BCUT2D eigenvalue weighted by Crippen LogP contribution is 2.38. The van der Waals surface area contributed by atoms with E-state index >= 15 is 0 Å². The molecule has 2 aromatic rings. The highest BCUT2D eigenvalue weighted by molar-refractivity contribution is 5.84. The summed E-state index contributed by atoms with van der Waals surface area (Å²) in [4.78, 5) is 0. The highest BCUT2D eigenvalue weighted by atomic mass is 14.3. The molecule has 0 atom stereocenters. The second-order valence-electron chi connectivity index (χ2n) is 8.26. The molecule has 0 unspecified atom stereocenters. The van der Waals surface area contributed by atoms with Crippen LogP contribution in [0.15, 0.2) is 36.4 Å². The maximum Gasteiger partial charge on any atom is -0.0162 e. The van der Waals surface area contributed by atoms with Crippen molar-refractivity contribution in [1.29, 1.82) is 0 Å². The molecule has 0 bridgehead atoms. The molecule has 0 heteroatoms. The van der Waals surface area contributed by atoms with Gasteiger partial charge in [-0.05, 0) is 65.8 Å². The third kappa shape index (κ3) is 5.09. The molecule has 0 aromatic heterocycles. The van der Waals surface area contributed by atoms with Crippen molar-refractivity contribution in [2.45, 2.75) is 90.4 Å². The van der Waals surface area contributed by atoms with Gasteiger partial charge in [-0.25, -0.2) is 0 Å². The number of fused-ring (bicyclic) bond motifs is 1. The molecule has 0 N–H and O–H groups in total. The first kappa shape index (κ1) is 18.5. The zero-order valence-corrected chi connectivity index (χ0v) is 16.4. The largest absolute Gasteiger partial charge is 0.0654 e. The fourth-order valence-corrected chi connectivity index (χ4v) is 4.66. The quantitative estimate of drug-likeness (QED) is 0.428. The van der Waals surface area contributed by atoms with Crippen molar-refractivity contribution in [3.63, 3.8) is 0 Å². The van der Waals surface area contributed by atoms with E-state index in [1.54, 1.807) is 5.56 Å². The molecule has 0 nitrogen and oxygen atoms in total. The maximum absolute atomic E-state index is 2.47. The van der Waals surface area contributed by atoms with Crippen LogP contribution < -0.4 is 0 Å². The van der Waals surface area contributed by atoms with Crippen LogP contribution in [-0.2, 0) is 6.42 Å². The summed E-state index contributed by atoms with van der Waals surface area (Å²) < 4.78 is 0. The normalized spacial score (nSPS) is 20.9. The van der Waals surface area contributed by atoms with E-state index in [1.807, 2.05) is 0 Å². The Labute approximate surface area is 155 Å². The van der Waals surface area contributed by atoms with E-state index in [0.29, 0.717) is 0 Å². The first-order valence-electron chi connectivity index (χ1n) is 10.8. The fourth-order valence-electron chi connectivity index (χ4n) is 4.66. The predicted octanol–water partition coefficient (Wildman–Crippen LogP) is 8.04. The second kappa shape index (κ2) is 9.41. The lowest BCUT2D eigenvalue weighted by Crippen LogP contribution is -2.13. The minimum atomic E-state index is 0.798. The SMILES string of the molecule is CCCCCCC1CCC(c2ccc3cc(CCC)ccc3c2)CC1. The molecule has 1 saturated carbocycles. The molecule has 0 saturated heterocycles. The standard InChI is InChI=1S/C25H36/c1-3-5-6-7-9-20-10-13-22(14-11-20)24-17-16-23-18-21(8-4-2)12-15-25(23)19-24/h12,15-20,22H,3-11,13-14H2,1-2H3. The first-order valence-corrected chi connectivity index (χ1v) is 10.8. The molecule has 3 rings (SSSR count). The van der Waals surface area contributed by atoms with Crippen molar-refractivity contribution in [2.24, 2.45) is 5.92 Å². The van der Waals surface area contributed by atoms with Crippen LogP contribution in [0.2, 0.25) is 0 Å². The predicted molar refractivity (Wildman–Crippen MR) is 111 cm³/mol. The Morgan fingerprint density at radius 2 is 1.52 bits per heavy atom. The van der Waals surface area contributed by atoms with E-state index < -0.39 is 0 Å². The average molecular weight is 337 g/mol. The maximum atomic E-state index is 2.47. The summed E-state index contributed by atoms with van der Waals surface area (Å²) in [5.41, 5.74) is 3.06. The summed E-state index contributed by atoms with van der Waals surface area (Å²) in [7, 11) is 0. The van der Waals surface area contributed by atoms with Crippen molar-refractivity contribution < 1.29 is 0 Å². The number of hydrogen-bond acceptors (Lipinski definition) is 0. The Kier molecular flexibility index (Phi) is 6.96.